The van der Waals surface area contributed by atoms with Crippen LogP contribution in [0, 0.1) is 18.7 Å². The summed E-state index contributed by atoms with van der Waals surface area (Å²) in [5.74, 6) is -1.02. The largest absolute Gasteiger partial charge is 0.352 e. The van der Waals surface area contributed by atoms with Crippen molar-refractivity contribution in [2.75, 3.05) is 13.1 Å². The van der Waals surface area contributed by atoms with E-state index < -0.39 is 15.8 Å². The molecule has 27 heavy (non-hydrogen) atoms. The minimum absolute atomic E-state index is 0.0459. The molecule has 144 valence electrons. The molecule has 1 atom stereocenters. The molecule has 7 heteroatoms. The number of halogens is 1. The SMILES string of the molecule is Cc1ccc(CNC(=O)[C@H]2CCCN(S(=O)(=O)c3ccc(F)cc3)C2)cc1. The first-order chi connectivity index (χ1) is 12.9. The van der Waals surface area contributed by atoms with E-state index in [1.165, 1.54) is 16.4 Å². The molecule has 0 bridgehead atoms. The Bertz CT molecular complexity index is 896. The van der Waals surface area contributed by atoms with Gasteiger partial charge >= 0.3 is 0 Å². The zero-order chi connectivity index (χ0) is 19.4. The number of nitrogens with one attached hydrogen (secondary N) is 1. The normalized spacial score (nSPS) is 18.2. The van der Waals surface area contributed by atoms with E-state index in [0.29, 0.717) is 25.9 Å². The minimum atomic E-state index is -3.73. The third-order valence-electron chi connectivity index (χ3n) is 4.79. The predicted octanol–water partition coefficient (Wildman–Crippen LogP) is 2.85. The molecular formula is C20H23FN2O3S. The standard InChI is InChI=1S/C20H23FN2O3S/c1-15-4-6-16(7-5-15)13-22-20(24)17-3-2-12-23(14-17)27(25,26)19-10-8-18(21)9-11-19/h4-11,17H,2-3,12-14H2,1H3,(H,22,24)/t17-/m0/s1. The minimum Gasteiger partial charge on any atom is -0.352 e. The first-order valence-corrected chi connectivity index (χ1v) is 10.4. The molecule has 2 aromatic rings. The van der Waals surface area contributed by atoms with Gasteiger partial charge in [-0.15, -0.1) is 0 Å². The molecule has 5 nitrogen and oxygen atoms in total. The van der Waals surface area contributed by atoms with Crippen LogP contribution in [0.25, 0.3) is 0 Å². The molecule has 1 saturated heterocycles. The highest BCUT2D eigenvalue weighted by atomic mass is 32.2. The Balaban J connectivity index is 1.63. The Morgan fingerprint density at radius 1 is 1.15 bits per heavy atom. The van der Waals surface area contributed by atoms with E-state index in [9.17, 15) is 17.6 Å². The average Bonchev–Trinajstić information content (AvgIpc) is 2.68. The summed E-state index contributed by atoms with van der Waals surface area (Å²) in [5.41, 5.74) is 2.15. The predicted molar refractivity (Wildman–Crippen MR) is 101 cm³/mol. The van der Waals surface area contributed by atoms with Gasteiger partial charge in [-0.2, -0.15) is 4.31 Å². The highest BCUT2D eigenvalue weighted by Gasteiger charge is 2.33. The van der Waals surface area contributed by atoms with Gasteiger partial charge in [-0.25, -0.2) is 12.8 Å². The zero-order valence-electron chi connectivity index (χ0n) is 15.2. The van der Waals surface area contributed by atoms with Gasteiger partial charge in [0.05, 0.1) is 10.8 Å². The van der Waals surface area contributed by atoms with Crippen molar-refractivity contribution in [3.63, 3.8) is 0 Å². The summed E-state index contributed by atoms with van der Waals surface area (Å²) in [6.45, 7) is 2.92. The van der Waals surface area contributed by atoms with Gasteiger partial charge in [-0.3, -0.25) is 4.79 Å². The second-order valence-corrected chi connectivity index (χ2v) is 8.80. The van der Waals surface area contributed by atoms with Crippen molar-refractivity contribution in [1.29, 1.82) is 0 Å². The van der Waals surface area contributed by atoms with Crippen LogP contribution in [0.3, 0.4) is 0 Å². The van der Waals surface area contributed by atoms with E-state index in [1.807, 2.05) is 31.2 Å². The summed E-state index contributed by atoms with van der Waals surface area (Å²) in [4.78, 5) is 12.6. The van der Waals surface area contributed by atoms with Gasteiger partial charge in [0.15, 0.2) is 0 Å². The van der Waals surface area contributed by atoms with Gasteiger partial charge in [-0.1, -0.05) is 29.8 Å². The van der Waals surface area contributed by atoms with Crippen molar-refractivity contribution in [3.05, 3.63) is 65.5 Å². The number of benzene rings is 2. The third-order valence-corrected chi connectivity index (χ3v) is 6.67. The van der Waals surface area contributed by atoms with Crippen LogP contribution in [0.5, 0.6) is 0 Å². The number of aryl methyl sites for hydroxylation is 1. The van der Waals surface area contributed by atoms with E-state index >= 15 is 0 Å². The summed E-state index contributed by atoms with van der Waals surface area (Å²) < 4.78 is 39.9. The highest BCUT2D eigenvalue weighted by molar-refractivity contribution is 7.89. The summed E-state index contributed by atoms with van der Waals surface area (Å²) in [6, 6.07) is 12.7. The maximum Gasteiger partial charge on any atom is 0.243 e. The summed E-state index contributed by atoms with van der Waals surface area (Å²) in [6.07, 6.45) is 1.26. The average molecular weight is 390 g/mol. The fourth-order valence-electron chi connectivity index (χ4n) is 3.17. The highest BCUT2D eigenvalue weighted by Crippen LogP contribution is 2.24. The molecule has 2 aromatic carbocycles. The summed E-state index contributed by atoms with van der Waals surface area (Å²) >= 11 is 0. The number of hydrogen-bond acceptors (Lipinski definition) is 3. The summed E-state index contributed by atoms with van der Waals surface area (Å²) in [5, 5.41) is 2.90. The summed E-state index contributed by atoms with van der Waals surface area (Å²) in [7, 11) is -3.73. The number of amides is 1. The maximum atomic E-state index is 13.1. The number of nitrogens with zero attached hydrogens (tertiary/aromatic N) is 1. The molecular weight excluding hydrogens is 367 g/mol. The Hall–Kier alpha value is -2.25. The van der Waals surface area contributed by atoms with Gasteiger partial charge in [0, 0.05) is 19.6 Å². The van der Waals surface area contributed by atoms with Crippen LogP contribution in [-0.2, 0) is 21.4 Å². The van der Waals surface area contributed by atoms with Crippen LogP contribution < -0.4 is 5.32 Å². The lowest BCUT2D eigenvalue weighted by atomic mass is 9.98. The molecule has 1 fully saturated rings. The van der Waals surface area contributed by atoms with Crippen molar-refractivity contribution >= 4 is 15.9 Å². The number of sulfonamides is 1. The molecule has 0 aromatic heterocycles. The zero-order valence-corrected chi connectivity index (χ0v) is 16.0. The second kappa shape index (κ2) is 8.19. The Kier molecular flexibility index (Phi) is 5.92. The van der Waals surface area contributed by atoms with E-state index in [-0.39, 0.29) is 23.3 Å². The Morgan fingerprint density at radius 3 is 2.48 bits per heavy atom. The molecule has 1 N–H and O–H groups in total. The quantitative estimate of drug-likeness (QED) is 0.854. The third kappa shape index (κ3) is 4.73. The number of hydrogen-bond donors (Lipinski definition) is 1. The van der Waals surface area contributed by atoms with Crippen LogP contribution in [0.1, 0.15) is 24.0 Å². The van der Waals surface area contributed by atoms with E-state index in [0.717, 1.165) is 23.3 Å². The van der Waals surface area contributed by atoms with E-state index in [2.05, 4.69) is 5.32 Å². The fourth-order valence-corrected chi connectivity index (χ4v) is 4.69. The van der Waals surface area contributed by atoms with Crippen LogP contribution in [0.2, 0.25) is 0 Å². The molecule has 0 spiro atoms. The number of rotatable bonds is 5. The van der Waals surface area contributed by atoms with Crippen LogP contribution in [0.15, 0.2) is 53.4 Å². The topological polar surface area (TPSA) is 66.5 Å². The van der Waals surface area contributed by atoms with Crippen LogP contribution in [-0.4, -0.2) is 31.7 Å². The molecule has 1 heterocycles. The molecule has 1 aliphatic rings. The van der Waals surface area contributed by atoms with E-state index in [4.69, 9.17) is 0 Å². The molecule has 0 saturated carbocycles. The van der Waals surface area contributed by atoms with Crippen LogP contribution >= 0.6 is 0 Å². The van der Waals surface area contributed by atoms with Gasteiger partial charge in [0.1, 0.15) is 5.82 Å². The lowest BCUT2D eigenvalue weighted by Crippen LogP contribution is -2.45. The lowest BCUT2D eigenvalue weighted by Gasteiger charge is -2.31. The van der Waals surface area contributed by atoms with Gasteiger partial charge in [0.2, 0.25) is 15.9 Å². The van der Waals surface area contributed by atoms with Gasteiger partial charge in [0.25, 0.3) is 0 Å². The fraction of sp³-hybridized carbons (Fsp3) is 0.350. The van der Waals surface area contributed by atoms with Crippen molar-refractivity contribution in [3.8, 4) is 0 Å². The van der Waals surface area contributed by atoms with Crippen molar-refractivity contribution in [2.24, 2.45) is 5.92 Å². The van der Waals surface area contributed by atoms with Gasteiger partial charge in [-0.05, 0) is 49.6 Å². The van der Waals surface area contributed by atoms with Crippen molar-refractivity contribution < 1.29 is 17.6 Å². The number of carbonyl (C=O) groups excluding carboxylic acids is 1. The molecule has 0 radical (unpaired) electrons. The lowest BCUT2D eigenvalue weighted by molar-refractivity contribution is -0.126. The van der Waals surface area contributed by atoms with Crippen molar-refractivity contribution in [1.82, 2.24) is 9.62 Å². The Morgan fingerprint density at radius 2 is 1.81 bits per heavy atom. The van der Waals surface area contributed by atoms with E-state index in [1.54, 1.807) is 0 Å². The number of piperidine rings is 1. The molecule has 1 aliphatic heterocycles. The molecule has 0 unspecified atom stereocenters. The maximum absolute atomic E-state index is 13.1. The van der Waals surface area contributed by atoms with Gasteiger partial charge < -0.3 is 5.32 Å². The molecule has 0 aliphatic carbocycles. The van der Waals surface area contributed by atoms with Crippen molar-refractivity contribution in [2.45, 2.75) is 31.2 Å². The van der Waals surface area contributed by atoms with Crippen LogP contribution in [0.4, 0.5) is 4.39 Å². The first kappa shape index (κ1) is 19.5. The molecule has 3 rings (SSSR count). The number of carbonyl (C=O) groups is 1. The first-order valence-electron chi connectivity index (χ1n) is 8.95. The Labute approximate surface area is 159 Å². The monoisotopic (exact) mass is 390 g/mol. The molecule has 1 amide bonds. The second-order valence-electron chi connectivity index (χ2n) is 6.86. The smallest absolute Gasteiger partial charge is 0.243 e.